The third-order valence-corrected chi connectivity index (χ3v) is 3.50. The van der Waals surface area contributed by atoms with Gasteiger partial charge in [0.05, 0.1) is 17.1 Å². The van der Waals surface area contributed by atoms with E-state index in [0.717, 1.165) is 5.56 Å². The van der Waals surface area contributed by atoms with Crippen molar-refractivity contribution in [3.05, 3.63) is 76.9 Å². The first-order valence-electron chi connectivity index (χ1n) is 7.31. The van der Waals surface area contributed by atoms with Crippen LogP contribution in [-0.4, -0.2) is 16.0 Å². The molecule has 1 aromatic heterocycles. The Balaban J connectivity index is 1.61. The van der Waals surface area contributed by atoms with Crippen LogP contribution in [0.1, 0.15) is 17.3 Å². The first-order chi connectivity index (χ1) is 11.7. The quantitative estimate of drug-likeness (QED) is 0.760. The van der Waals surface area contributed by atoms with Gasteiger partial charge in [-0.25, -0.2) is 0 Å². The molecule has 0 bridgehead atoms. The van der Waals surface area contributed by atoms with Gasteiger partial charge in [0.25, 0.3) is 5.89 Å². The molecule has 0 aliphatic carbocycles. The van der Waals surface area contributed by atoms with E-state index in [2.05, 4.69) is 15.5 Å². The first-order valence-corrected chi connectivity index (χ1v) is 7.68. The minimum atomic E-state index is -0.262. The van der Waals surface area contributed by atoms with Crippen molar-refractivity contribution in [1.29, 1.82) is 0 Å². The highest BCUT2D eigenvalue weighted by Crippen LogP contribution is 2.20. The molecule has 0 spiro atoms. The van der Waals surface area contributed by atoms with Crippen LogP contribution >= 0.6 is 11.6 Å². The molecule has 1 amide bonds. The van der Waals surface area contributed by atoms with E-state index >= 15 is 0 Å². The standard InChI is InChI=1S/C18H14ClN3O2/c19-14-8-4-5-9-15(14)20-17(23)12-16-21-18(24-22-16)11-10-13-6-2-1-3-7-13/h1-11H,12H2,(H,20,23). The van der Waals surface area contributed by atoms with E-state index in [9.17, 15) is 4.79 Å². The van der Waals surface area contributed by atoms with Gasteiger partial charge in [0.2, 0.25) is 5.91 Å². The monoisotopic (exact) mass is 339 g/mol. The van der Waals surface area contributed by atoms with Crippen LogP contribution in [0.4, 0.5) is 5.69 Å². The van der Waals surface area contributed by atoms with E-state index in [4.69, 9.17) is 16.1 Å². The SMILES string of the molecule is O=C(Cc1noc(C=Cc2ccccc2)n1)Nc1ccccc1Cl. The van der Waals surface area contributed by atoms with E-state index in [1.54, 1.807) is 30.3 Å². The number of rotatable bonds is 5. The van der Waals surface area contributed by atoms with Gasteiger partial charge in [-0.3, -0.25) is 4.79 Å². The molecule has 1 heterocycles. The minimum Gasteiger partial charge on any atom is -0.335 e. The third kappa shape index (κ3) is 4.30. The van der Waals surface area contributed by atoms with Gasteiger partial charge < -0.3 is 9.84 Å². The van der Waals surface area contributed by atoms with Crippen LogP contribution in [0.5, 0.6) is 0 Å². The maximum Gasteiger partial charge on any atom is 0.250 e. The van der Waals surface area contributed by atoms with Crippen LogP contribution in [0.2, 0.25) is 5.02 Å². The highest BCUT2D eigenvalue weighted by atomic mass is 35.5. The molecule has 0 saturated heterocycles. The molecule has 1 N–H and O–H groups in total. The van der Waals surface area contributed by atoms with Crippen LogP contribution in [-0.2, 0) is 11.2 Å². The average Bonchev–Trinajstić information content (AvgIpc) is 3.03. The minimum absolute atomic E-state index is 0.00784. The van der Waals surface area contributed by atoms with Crippen LogP contribution < -0.4 is 5.32 Å². The number of hydrogen-bond donors (Lipinski definition) is 1. The van der Waals surface area contributed by atoms with Gasteiger partial charge in [-0.05, 0) is 23.8 Å². The van der Waals surface area contributed by atoms with Crippen LogP contribution in [0.15, 0.2) is 59.1 Å². The highest BCUT2D eigenvalue weighted by Gasteiger charge is 2.11. The zero-order chi connectivity index (χ0) is 16.8. The molecule has 0 unspecified atom stereocenters. The lowest BCUT2D eigenvalue weighted by Gasteiger charge is -2.04. The zero-order valence-corrected chi connectivity index (χ0v) is 13.4. The van der Waals surface area contributed by atoms with Crippen molar-refractivity contribution in [1.82, 2.24) is 10.1 Å². The van der Waals surface area contributed by atoms with Gasteiger partial charge in [0.15, 0.2) is 5.82 Å². The number of carbonyl (C=O) groups is 1. The van der Waals surface area contributed by atoms with Crippen molar-refractivity contribution in [2.75, 3.05) is 5.32 Å². The molecule has 6 heteroatoms. The molecule has 2 aromatic carbocycles. The van der Waals surface area contributed by atoms with Crippen molar-refractivity contribution in [2.45, 2.75) is 6.42 Å². The Bertz CT molecular complexity index is 859. The summed E-state index contributed by atoms with van der Waals surface area (Å²) in [5.41, 5.74) is 1.57. The molecule has 0 atom stereocenters. The summed E-state index contributed by atoms with van der Waals surface area (Å²) in [4.78, 5) is 16.2. The summed E-state index contributed by atoms with van der Waals surface area (Å²) in [7, 11) is 0. The predicted molar refractivity (Wildman–Crippen MR) is 93.5 cm³/mol. The number of benzene rings is 2. The Labute approximate surface area is 144 Å². The number of aromatic nitrogens is 2. The van der Waals surface area contributed by atoms with Gasteiger partial charge in [-0.2, -0.15) is 4.98 Å². The Hall–Kier alpha value is -2.92. The summed E-state index contributed by atoms with van der Waals surface area (Å²) in [6, 6.07) is 16.8. The van der Waals surface area contributed by atoms with E-state index < -0.39 is 0 Å². The second kappa shape index (κ2) is 7.57. The number of nitrogens with zero attached hydrogens (tertiary/aromatic N) is 2. The maximum atomic E-state index is 12.0. The highest BCUT2D eigenvalue weighted by molar-refractivity contribution is 6.33. The number of hydrogen-bond acceptors (Lipinski definition) is 4. The second-order valence-corrected chi connectivity index (χ2v) is 5.40. The van der Waals surface area contributed by atoms with Crippen molar-refractivity contribution < 1.29 is 9.32 Å². The lowest BCUT2D eigenvalue weighted by molar-refractivity contribution is -0.115. The predicted octanol–water partition coefficient (Wildman–Crippen LogP) is 4.07. The molecule has 5 nitrogen and oxygen atoms in total. The molecule has 0 saturated carbocycles. The maximum absolute atomic E-state index is 12.0. The molecule has 0 aliphatic heterocycles. The number of carbonyl (C=O) groups excluding carboxylic acids is 1. The van der Waals surface area contributed by atoms with Gasteiger partial charge in [-0.15, -0.1) is 0 Å². The lowest BCUT2D eigenvalue weighted by atomic mass is 10.2. The first kappa shape index (κ1) is 16.0. The Morgan fingerprint density at radius 2 is 1.83 bits per heavy atom. The molecule has 0 fully saturated rings. The normalized spacial score (nSPS) is 10.9. The molecular formula is C18H14ClN3O2. The summed E-state index contributed by atoms with van der Waals surface area (Å²) in [6.45, 7) is 0. The van der Waals surface area contributed by atoms with E-state index in [1.165, 1.54) is 0 Å². The fourth-order valence-electron chi connectivity index (χ4n) is 2.04. The van der Waals surface area contributed by atoms with Gasteiger partial charge >= 0.3 is 0 Å². The fourth-order valence-corrected chi connectivity index (χ4v) is 2.22. The molecule has 3 aromatic rings. The number of halogens is 1. The topological polar surface area (TPSA) is 68.0 Å². The van der Waals surface area contributed by atoms with Crippen molar-refractivity contribution >= 4 is 35.3 Å². The summed E-state index contributed by atoms with van der Waals surface area (Å²) in [6.07, 6.45) is 3.58. The van der Waals surface area contributed by atoms with E-state index in [1.807, 2.05) is 36.4 Å². The molecule has 0 radical (unpaired) electrons. The average molecular weight is 340 g/mol. The Kier molecular flexibility index (Phi) is 5.03. The summed E-state index contributed by atoms with van der Waals surface area (Å²) in [5.74, 6) is 0.397. The second-order valence-electron chi connectivity index (χ2n) is 5.00. The molecule has 0 aliphatic rings. The van der Waals surface area contributed by atoms with Crippen molar-refractivity contribution in [2.24, 2.45) is 0 Å². The molecule has 3 rings (SSSR count). The van der Waals surface area contributed by atoms with Crippen molar-refractivity contribution in [3.63, 3.8) is 0 Å². The van der Waals surface area contributed by atoms with Crippen LogP contribution in [0.25, 0.3) is 12.2 Å². The summed E-state index contributed by atoms with van der Waals surface area (Å²) >= 11 is 6.00. The van der Waals surface area contributed by atoms with Crippen molar-refractivity contribution in [3.8, 4) is 0 Å². The van der Waals surface area contributed by atoms with Gasteiger partial charge in [0, 0.05) is 6.08 Å². The largest absolute Gasteiger partial charge is 0.335 e. The number of anilines is 1. The molecule has 24 heavy (non-hydrogen) atoms. The molecular weight excluding hydrogens is 326 g/mol. The fraction of sp³-hybridized carbons (Fsp3) is 0.0556. The number of nitrogens with one attached hydrogen (secondary N) is 1. The van der Waals surface area contributed by atoms with E-state index in [-0.39, 0.29) is 12.3 Å². The number of amides is 1. The smallest absolute Gasteiger partial charge is 0.250 e. The molecule has 120 valence electrons. The Morgan fingerprint density at radius 1 is 1.08 bits per heavy atom. The van der Waals surface area contributed by atoms with Gasteiger partial charge in [-0.1, -0.05) is 59.2 Å². The van der Waals surface area contributed by atoms with Gasteiger partial charge in [0.1, 0.15) is 0 Å². The summed E-state index contributed by atoms with van der Waals surface area (Å²) < 4.78 is 5.11. The van der Waals surface area contributed by atoms with Crippen LogP contribution in [0, 0.1) is 0 Å². The summed E-state index contributed by atoms with van der Waals surface area (Å²) in [5, 5.41) is 6.99. The van der Waals surface area contributed by atoms with Crippen LogP contribution in [0.3, 0.4) is 0 Å². The third-order valence-electron chi connectivity index (χ3n) is 3.17. The Morgan fingerprint density at radius 3 is 2.62 bits per heavy atom. The van der Waals surface area contributed by atoms with E-state index in [0.29, 0.717) is 22.4 Å². The number of para-hydroxylation sites is 1. The zero-order valence-electron chi connectivity index (χ0n) is 12.6. The lowest BCUT2D eigenvalue weighted by Crippen LogP contribution is -2.15.